The quantitative estimate of drug-likeness (QED) is 0.230. The van der Waals surface area contributed by atoms with Crippen LogP contribution in [0.1, 0.15) is 87.0 Å². The summed E-state index contributed by atoms with van der Waals surface area (Å²) in [7, 11) is 3.87. The Morgan fingerprint density at radius 2 is 1.81 bits per heavy atom. The minimum absolute atomic E-state index is 0.0492. The summed E-state index contributed by atoms with van der Waals surface area (Å²) in [6.45, 7) is 14.4. The number of amides is 1. The number of nitrogens with one attached hydrogen (secondary N) is 3. The number of Topliss-reactive ketones (excluding diaryl/α,β-unsaturated/α-hetero) is 1. The molecule has 13 nitrogen and oxygen atoms in total. The molecule has 2 bridgehead atoms. The summed E-state index contributed by atoms with van der Waals surface area (Å²) < 4.78 is 31.9. The second kappa shape index (κ2) is 14.4. The number of carbonyl (C=O) groups is 3. The number of ether oxygens (including phenoxy) is 5. The minimum atomic E-state index is -1.55. The van der Waals surface area contributed by atoms with Crippen molar-refractivity contribution in [1.82, 2.24) is 20.9 Å². The molecule has 48 heavy (non-hydrogen) atoms. The Hall–Kier alpha value is -1.87. The third kappa shape index (κ3) is 7.43. The largest absolute Gasteiger partial charge is 0.457 e. The lowest BCUT2D eigenvalue weighted by Gasteiger charge is -2.49. The second-order valence-corrected chi connectivity index (χ2v) is 16.0. The molecule has 1 aliphatic carbocycles. The van der Waals surface area contributed by atoms with Gasteiger partial charge in [-0.2, -0.15) is 0 Å². The number of hydrogen-bond donors (Lipinski definition) is 4. The molecule has 1 amide bonds. The number of aliphatic hydroxyl groups excluding tert-OH is 1. The van der Waals surface area contributed by atoms with Gasteiger partial charge in [0.1, 0.15) is 17.6 Å². The van der Waals surface area contributed by atoms with Crippen molar-refractivity contribution in [1.29, 1.82) is 0 Å². The summed E-state index contributed by atoms with van der Waals surface area (Å²) in [5.41, 5.74) is -3.68. The van der Waals surface area contributed by atoms with E-state index in [0.717, 1.165) is 12.8 Å². The zero-order valence-corrected chi connectivity index (χ0v) is 30.4. The van der Waals surface area contributed by atoms with Gasteiger partial charge in [-0.3, -0.25) is 9.59 Å². The second-order valence-electron chi connectivity index (χ2n) is 16.0. The van der Waals surface area contributed by atoms with Crippen LogP contribution >= 0.6 is 0 Å². The highest BCUT2D eigenvalue weighted by Crippen LogP contribution is 2.43. The van der Waals surface area contributed by atoms with Crippen LogP contribution in [0, 0.1) is 17.3 Å². The number of alkyl carbamates (subject to hydrolysis) is 1. The van der Waals surface area contributed by atoms with E-state index < -0.39 is 65.2 Å². The van der Waals surface area contributed by atoms with Crippen LogP contribution in [0.25, 0.3) is 0 Å². The van der Waals surface area contributed by atoms with Crippen LogP contribution in [0.15, 0.2) is 0 Å². The fourth-order valence-electron chi connectivity index (χ4n) is 8.49. The predicted molar refractivity (Wildman–Crippen MR) is 177 cm³/mol. The van der Waals surface area contributed by atoms with Gasteiger partial charge < -0.3 is 49.6 Å². The van der Waals surface area contributed by atoms with Crippen LogP contribution in [0.4, 0.5) is 4.79 Å². The Morgan fingerprint density at radius 1 is 1.10 bits per heavy atom. The highest BCUT2D eigenvalue weighted by molar-refractivity contribution is 6.04. The van der Waals surface area contributed by atoms with Crippen molar-refractivity contribution in [2.75, 3.05) is 33.8 Å². The molecule has 5 aliphatic heterocycles. The van der Waals surface area contributed by atoms with Crippen molar-refractivity contribution < 1.29 is 43.2 Å². The highest BCUT2D eigenvalue weighted by Gasteiger charge is 2.58. The zero-order chi connectivity index (χ0) is 35.2. The molecule has 274 valence electrons. The molecule has 6 rings (SSSR count). The Morgan fingerprint density at radius 3 is 2.46 bits per heavy atom. The summed E-state index contributed by atoms with van der Waals surface area (Å²) in [5, 5.41) is 21.6. The van der Waals surface area contributed by atoms with E-state index in [4.69, 9.17) is 23.7 Å². The van der Waals surface area contributed by atoms with Crippen LogP contribution in [0.5, 0.6) is 0 Å². The molecule has 5 saturated heterocycles. The number of hydrogen-bond acceptors (Lipinski definition) is 12. The molecule has 0 unspecified atom stereocenters. The number of esters is 1. The van der Waals surface area contributed by atoms with Crippen molar-refractivity contribution in [3.05, 3.63) is 0 Å². The van der Waals surface area contributed by atoms with E-state index in [9.17, 15) is 19.5 Å². The van der Waals surface area contributed by atoms with Gasteiger partial charge >= 0.3 is 12.1 Å². The Labute approximate surface area is 285 Å². The van der Waals surface area contributed by atoms with Gasteiger partial charge in [-0.15, -0.1) is 0 Å². The van der Waals surface area contributed by atoms with Crippen molar-refractivity contribution in [2.45, 2.75) is 153 Å². The molecule has 6 fully saturated rings. The Bertz CT molecular complexity index is 1190. The Kier molecular flexibility index (Phi) is 11.2. The number of fused-ring (bicyclic) bond motifs is 10. The maximum Gasteiger partial charge on any atom is 0.408 e. The molecule has 5 heterocycles. The summed E-state index contributed by atoms with van der Waals surface area (Å²) in [4.78, 5) is 43.4. The molecule has 6 aliphatic rings. The first-order valence-corrected chi connectivity index (χ1v) is 18.0. The third-order valence-electron chi connectivity index (χ3n) is 11.7. The summed E-state index contributed by atoms with van der Waals surface area (Å²) in [6, 6.07) is -0.432. The predicted octanol–water partition coefficient (Wildman–Crippen LogP) is 2.13. The summed E-state index contributed by atoms with van der Waals surface area (Å²) >= 11 is 0. The maximum atomic E-state index is 14.6. The lowest BCUT2D eigenvalue weighted by atomic mass is 9.70. The number of carbonyl (C=O) groups excluding carboxylic acids is 3. The number of likely N-dealkylation sites (N-methyl/N-ethyl adjacent to an activating group) is 1. The first-order chi connectivity index (χ1) is 22.5. The molecule has 0 spiro atoms. The van der Waals surface area contributed by atoms with E-state index in [0.29, 0.717) is 38.4 Å². The van der Waals surface area contributed by atoms with E-state index in [1.807, 2.05) is 39.8 Å². The van der Waals surface area contributed by atoms with Crippen LogP contribution < -0.4 is 16.0 Å². The average Bonchev–Trinajstić information content (AvgIpc) is 3.80. The van der Waals surface area contributed by atoms with Crippen LogP contribution in [0.3, 0.4) is 0 Å². The van der Waals surface area contributed by atoms with Crippen molar-refractivity contribution in [3.8, 4) is 0 Å². The van der Waals surface area contributed by atoms with E-state index in [2.05, 4.69) is 22.9 Å². The van der Waals surface area contributed by atoms with Crippen LogP contribution in [-0.4, -0.2) is 128 Å². The van der Waals surface area contributed by atoms with Crippen LogP contribution in [-0.2, 0) is 33.3 Å². The SMILES string of the molecule is CC[C@H]1OC(=O)[C@@]2(C)CCO[C@@](C)(C[C@@H](C)CN[C@H](C)[C@H]3NC(=O)O[C@@]31C)[C@H](O[C@@H]1O[C@H](CNC3CC3)C[C@H](N(C)C)[C@H]1O)[C@@H](C)C2=O. The first kappa shape index (κ1) is 37.4. The number of nitrogens with zero attached hydrogens (tertiary/aromatic N) is 1. The molecule has 0 aromatic heterocycles. The number of ketones is 1. The third-order valence-corrected chi connectivity index (χ3v) is 11.7. The lowest BCUT2D eigenvalue weighted by Crippen LogP contribution is -2.62. The molecule has 4 N–H and O–H groups in total. The molecular formula is C35H60N4O9. The molecular weight excluding hydrogens is 620 g/mol. The van der Waals surface area contributed by atoms with Crippen molar-refractivity contribution in [2.24, 2.45) is 17.3 Å². The highest BCUT2D eigenvalue weighted by atomic mass is 16.7. The van der Waals surface area contributed by atoms with Gasteiger partial charge in [0.15, 0.2) is 17.7 Å². The maximum absolute atomic E-state index is 14.6. The average molecular weight is 681 g/mol. The summed E-state index contributed by atoms with van der Waals surface area (Å²) in [5.74, 6) is -1.77. The number of rotatable bonds is 7. The van der Waals surface area contributed by atoms with E-state index in [1.54, 1.807) is 20.8 Å². The topological polar surface area (TPSA) is 157 Å². The fraction of sp³-hybridized carbons (Fsp3) is 0.914. The molecule has 0 aromatic carbocycles. The standard InChI is InChI=1S/C35H60N4O9/c1-10-25-35(7)27(38-32(43)48-35)21(4)36-17-19(2)16-34(6)29(20(3)28(41)33(5,13-14-44-34)31(42)46-25)47-30-26(40)24(39(8)9)15-23(45-30)18-37-22-11-12-22/h19-27,29-30,36-37,40H,10-18H2,1-9H3,(H,38,43)/t19-,20+,21-,23+,24+,25-,26-,27-,29-,30+,33+,34+,35-/m1/s1. The van der Waals surface area contributed by atoms with Crippen LogP contribution in [0.2, 0.25) is 0 Å². The molecule has 0 aromatic rings. The fourth-order valence-corrected chi connectivity index (χ4v) is 8.49. The molecule has 1 saturated carbocycles. The van der Waals surface area contributed by atoms with E-state index >= 15 is 0 Å². The lowest BCUT2D eigenvalue weighted by molar-refractivity contribution is -0.301. The van der Waals surface area contributed by atoms with Gasteiger partial charge in [0, 0.05) is 37.2 Å². The van der Waals surface area contributed by atoms with Gasteiger partial charge in [0.25, 0.3) is 0 Å². The smallest absolute Gasteiger partial charge is 0.408 e. The minimum Gasteiger partial charge on any atom is -0.457 e. The normalized spacial score (nSPS) is 46.2. The molecule has 13 heteroatoms. The monoisotopic (exact) mass is 680 g/mol. The van der Waals surface area contributed by atoms with E-state index in [-0.39, 0.29) is 42.9 Å². The number of aliphatic hydroxyl groups is 1. The van der Waals surface area contributed by atoms with Gasteiger partial charge in [-0.25, -0.2) is 4.79 Å². The van der Waals surface area contributed by atoms with Crippen molar-refractivity contribution in [3.63, 3.8) is 0 Å². The van der Waals surface area contributed by atoms with Gasteiger partial charge in [0.2, 0.25) is 0 Å². The van der Waals surface area contributed by atoms with Gasteiger partial charge in [0.05, 0.1) is 23.9 Å². The molecule has 0 radical (unpaired) electrons. The van der Waals surface area contributed by atoms with Gasteiger partial charge in [-0.05, 0) is 92.8 Å². The zero-order valence-electron chi connectivity index (χ0n) is 30.4. The Balaban J connectivity index is 1.50. The molecule has 13 atom stereocenters. The van der Waals surface area contributed by atoms with Gasteiger partial charge in [-0.1, -0.05) is 20.8 Å². The van der Waals surface area contributed by atoms with E-state index in [1.165, 1.54) is 0 Å². The summed E-state index contributed by atoms with van der Waals surface area (Å²) in [6.07, 6.45) is -0.456. The van der Waals surface area contributed by atoms with Crippen molar-refractivity contribution >= 4 is 17.8 Å². The first-order valence-electron chi connectivity index (χ1n) is 18.0.